The van der Waals surface area contributed by atoms with Gasteiger partial charge in [0.2, 0.25) is 0 Å². The molecular formula is C35H27N3O2. The zero-order valence-corrected chi connectivity index (χ0v) is 22.0. The number of aliphatic imine (C=N–C) groups is 2. The number of methoxy groups -OCH3 is 1. The predicted octanol–water partition coefficient (Wildman–Crippen LogP) is 7.21. The van der Waals surface area contributed by atoms with Crippen LogP contribution in [0.25, 0.3) is 11.1 Å². The average Bonchev–Trinajstić information content (AvgIpc) is 3.79. The van der Waals surface area contributed by atoms with E-state index in [0.717, 1.165) is 57.2 Å². The predicted molar refractivity (Wildman–Crippen MR) is 161 cm³/mol. The Morgan fingerprint density at radius 1 is 0.725 bits per heavy atom. The highest BCUT2D eigenvalue weighted by Crippen LogP contribution is 2.34. The summed E-state index contributed by atoms with van der Waals surface area (Å²) in [5, 5.41) is 0. The van der Waals surface area contributed by atoms with Gasteiger partial charge in [-0.3, -0.25) is 4.99 Å². The summed E-state index contributed by atoms with van der Waals surface area (Å²) in [6, 6.07) is 32.3. The van der Waals surface area contributed by atoms with E-state index in [1.807, 2.05) is 60.7 Å². The zero-order chi connectivity index (χ0) is 27.3. The maximum Gasteiger partial charge on any atom is 0.337 e. The maximum absolute atomic E-state index is 12.1. The molecule has 0 unspecified atom stereocenters. The molecule has 0 bridgehead atoms. The van der Waals surface area contributed by atoms with Gasteiger partial charge in [-0.05, 0) is 65.3 Å². The summed E-state index contributed by atoms with van der Waals surface area (Å²) in [4.78, 5) is 25.4. The van der Waals surface area contributed by atoms with E-state index < -0.39 is 0 Å². The Bertz CT molecular complexity index is 1720. The molecule has 0 aliphatic carbocycles. The minimum absolute atomic E-state index is 0.365. The SMILES string of the molecule is COC(=O)c1ccc(C(=C2C=CC(/C(=C3/C=CC=N3)c3ccccc3)=N2)c2ccc(Cc3ccccc3)[nH]2)cc1. The fourth-order valence-corrected chi connectivity index (χ4v) is 4.96. The van der Waals surface area contributed by atoms with E-state index in [0.29, 0.717) is 5.56 Å². The topological polar surface area (TPSA) is 66.8 Å². The van der Waals surface area contributed by atoms with Crippen molar-refractivity contribution in [3.63, 3.8) is 0 Å². The second-order valence-electron chi connectivity index (χ2n) is 9.48. The highest BCUT2D eigenvalue weighted by Gasteiger charge is 2.21. The van der Waals surface area contributed by atoms with Crippen molar-refractivity contribution in [2.45, 2.75) is 6.42 Å². The second-order valence-corrected chi connectivity index (χ2v) is 9.48. The number of carbonyl (C=O) groups excluding carboxylic acids is 1. The third-order valence-corrected chi connectivity index (χ3v) is 6.87. The quantitative estimate of drug-likeness (QED) is 0.261. The molecule has 1 N–H and O–H groups in total. The van der Waals surface area contributed by atoms with E-state index in [4.69, 9.17) is 9.73 Å². The summed E-state index contributed by atoms with van der Waals surface area (Å²) in [6.07, 6.45) is 10.6. The van der Waals surface area contributed by atoms with E-state index >= 15 is 0 Å². The molecule has 2 aliphatic heterocycles. The van der Waals surface area contributed by atoms with Crippen LogP contribution < -0.4 is 0 Å². The standard InChI is InChI=1S/C35H27N3O2/c1-40-35(39)27-16-14-26(15-17-27)34(30-19-18-28(37-30)23-24-9-4-2-5-10-24)32-21-20-31(38-32)33(29-13-8-22-36-29)25-11-6-3-7-12-25/h2-22,37H,23H2,1H3/b33-29-,34-32?. The number of nitrogens with zero attached hydrogens (tertiary/aromatic N) is 2. The Morgan fingerprint density at radius 3 is 2.12 bits per heavy atom. The monoisotopic (exact) mass is 521 g/mol. The van der Waals surface area contributed by atoms with Crippen LogP contribution in [-0.4, -0.2) is 30.0 Å². The van der Waals surface area contributed by atoms with Gasteiger partial charge in [0, 0.05) is 35.2 Å². The van der Waals surface area contributed by atoms with Crippen molar-refractivity contribution >= 4 is 29.0 Å². The van der Waals surface area contributed by atoms with Crippen LogP contribution >= 0.6 is 0 Å². The lowest BCUT2D eigenvalue weighted by atomic mass is 9.99. The number of benzene rings is 3. The minimum Gasteiger partial charge on any atom is -0.465 e. The lowest BCUT2D eigenvalue weighted by Gasteiger charge is -2.11. The highest BCUT2D eigenvalue weighted by atomic mass is 16.5. The number of allylic oxidation sites excluding steroid dienone is 5. The zero-order valence-electron chi connectivity index (χ0n) is 22.0. The number of carbonyl (C=O) groups is 1. The van der Waals surface area contributed by atoms with Crippen molar-refractivity contribution in [2.75, 3.05) is 7.11 Å². The van der Waals surface area contributed by atoms with Gasteiger partial charge in [-0.2, -0.15) is 0 Å². The first-order valence-electron chi connectivity index (χ1n) is 13.1. The molecule has 194 valence electrons. The lowest BCUT2D eigenvalue weighted by molar-refractivity contribution is 0.0600. The molecule has 0 radical (unpaired) electrons. The van der Waals surface area contributed by atoms with Gasteiger partial charge in [0.25, 0.3) is 0 Å². The summed E-state index contributed by atoms with van der Waals surface area (Å²) in [7, 11) is 1.39. The number of hydrogen-bond acceptors (Lipinski definition) is 4. The maximum atomic E-state index is 12.1. The molecule has 0 saturated heterocycles. The van der Waals surface area contributed by atoms with Crippen molar-refractivity contribution in [1.29, 1.82) is 0 Å². The fraction of sp³-hybridized carbons (Fsp3) is 0.0571. The molecule has 6 rings (SSSR count). The number of aromatic nitrogens is 1. The molecule has 0 atom stereocenters. The number of aromatic amines is 1. The second kappa shape index (κ2) is 11.2. The first-order chi connectivity index (χ1) is 19.7. The van der Waals surface area contributed by atoms with E-state index in [9.17, 15) is 4.79 Å². The first-order valence-corrected chi connectivity index (χ1v) is 13.1. The van der Waals surface area contributed by atoms with Crippen molar-refractivity contribution in [3.8, 4) is 0 Å². The van der Waals surface area contributed by atoms with Crippen LogP contribution in [-0.2, 0) is 11.2 Å². The van der Waals surface area contributed by atoms with Gasteiger partial charge in [0.15, 0.2) is 0 Å². The molecule has 2 aliphatic rings. The number of H-pyrrole nitrogens is 1. The van der Waals surface area contributed by atoms with E-state index in [-0.39, 0.29) is 5.97 Å². The van der Waals surface area contributed by atoms with Crippen molar-refractivity contribution in [3.05, 3.63) is 166 Å². The molecule has 4 aromatic rings. The molecule has 5 nitrogen and oxygen atoms in total. The number of hydrogen-bond donors (Lipinski definition) is 1. The number of rotatable bonds is 7. The van der Waals surface area contributed by atoms with Crippen molar-refractivity contribution in [2.24, 2.45) is 9.98 Å². The van der Waals surface area contributed by atoms with Gasteiger partial charge in [-0.15, -0.1) is 0 Å². The molecular weight excluding hydrogens is 494 g/mol. The molecule has 0 amide bonds. The number of nitrogens with one attached hydrogen (secondary N) is 1. The fourth-order valence-electron chi connectivity index (χ4n) is 4.96. The summed E-state index contributed by atoms with van der Waals surface area (Å²) < 4.78 is 4.90. The molecule has 0 spiro atoms. The van der Waals surface area contributed by atoms with Gasteiger partial charge in [0.05, 0.1) is 29.8 Å². The Balaban J connectivity index is 1.46. The van der Waals surface area contributed by atoms with Crippen LogP contribution in [0.1, 0.15) is 38.4 Å². The highest BCUT2D eigenvalue weighted by molar-refractivity contribution is 6.32. The molecule has 40 heavy (non-hydrogen) atoms. The molecule has 3 aromatic carbocycles. The molecule has 0 saturated carbocycles. The van der Waals surface area contributed by atoms with Crippen LogP contribution in [0.4, 0.5) is 0 Å². The number of esters is 1. The average molecular weight is 522 g/mol. The third kappa shape index (κ3) is 5.18. The summed E-state index contributed by atoms with van der Waals surface area (Å²) in [6.45, 7) is 0. The van der Waals surface area contributed by atoms with Crippen LogP contribution in [0.15, 0.2) is 143 Å². The van der Waals surface area contributed by atoms with Crippen molar-refractivity contribution < 1.29 is 9.53 Å². The molecule has 5 heteroatoms. The summed E-state index contributed by atoms with van der Waals surface area (Å²) in [5.74, 6) is -0.365. The van der Waals surface area contributed by atoms with Crippen LogP contribution in [0.3, 0.4) is 0 Å². The van der Waals surface area contributed by atoms with Crippen LogP contribution in [0.5, 0.6) is 0 Å². The van der Waals surface area contributed by atoms with E-state index in [1.54, 1.807) is 18.3 Å². The van der Waals surface area contributed by atoms with Gasteiger partial charge in [0.1, 0.15) is 0 Å². The van der Waals surface area contributed by atoms with Crippen LogP contribution in [0.2, 0.25) is 0 Å². The summed E-state index contributed by atoms with van der Waals surface area (Å²) >= 11 is 0. The van der Waals surface area contributed by atoms with Gasteiger partial charge >= 0.3 is 5.97 Å². The van der Waals surface area contributed by atoms with Crippen molar-refractivity contribution in [1.82, 2.24) is 4.98 Å². The van der Waals surface area contributed by atoms with Gasteiger partial charge in [-0.25, -0.2) is 9.79 Å². The largest absolute Gasteiger partial charge is 0.465 e. The number of ether oxygens (including phenoxy) is 1. The normalized spacial score (nSPS) is 16.3. The Morgan fingerprint density at radius 2 is 1.43 bits per heavy atom. The minimum atomic E-state index is -0.365. The Labute approximate surface area is 233 Å². The van der Waals surface area contributed by atoms with E-state index in [2.05, 4.69) is 58.5 Å². The van der Waals surface area contributed by atoms with Crippen LogP contribution in [0, 0.1) is 0 Å². The smallest absolute Gasteiger partial charge is 0.337 e. The molecule has 0 fully saturated rings. The summed E-state index contributed by atoms with van der Waals surface area (Å²) in [5.41, 5.74) is 10.3. The Kier molecular flexibility index (Phi) is 7.01. The van der Waals surface area contributed by atoms with Gasteiger partial charge < -0.3 is 9.72 Å². The molecule has 1 aromatic heterocycles. The van der Waals surface area contributed by atoms with E-state index in [1.165, 1.54) is 12.7 Å². The lowest BCUT2D eigenvalue weighted by Crippen LogP contribution is -2.01. The Hall–Kier alpha value is -5.29. The first kappa shape index (κ1) is 25.0. The third-order valence-electron chi connectivity index (χ3n) is 6.87. The molecule has 3 heterocycles. The van der Waals surface area contributed by atoms with Gasteiger partial charge in [-0.1, -0.05) is 72.8 Å².